The highest BCUT2D eigenvalue weighted by molar-refractivity contribution is 8.00. The van der Waals surface area contributed by atoms with Crippen molar-refractivity contribution in [2.45, 2.75) is 30.0 Å². The number of hydrogen-bond acceptors (Lipinski definition) is 3. The maximum atomic E-state index is 12.2. The maximum Gasteiger partial charge on any atom is 0.446 e. The van der Waals surface area contributed by atoms with Crippen LogP contribution in [0.3, 0.4) is 0 Å². The summed E-state index contributed by atoms with van der Waals surface area (Å²) < 4.78 is 38.3. The predicted octanol–water partition coefficient (Wildman–Crippen LogP) is 3.60. The Balaban J connectivity index is 2.13. The van der Waals surface area contributed by atoms with Crippen molar-refractivity contribution in [1.29, 1.82) is 0 Å². The summed E-state index contributed by atoms with van der Waals surface area (Å²) in [6.07, 6.45) is 2.37. The van der Waals surface area contributed by atoms with Gasteiger partial charge in [-0.1, -0.05) is 12.1 Å². The largest absolute Gasteiger partial charge is 0.446 e. The van der Waals surface area contributed by atoms with Gasteiger partial charge in [-0.05, 0) is 36.4 Å². The minimum absolute atomic E-state index is 0.0951. The van der Waals surface area contributed by atoms with E-state index in [0.717, 1.165) is 0 Å². The summed E-state index contributed by atoms with van der Waals surface area (Å²) in [6.45, 7) is 2.61. The second-order valence-corrected chi connectivity index (χ2v) is 5.29. The zero-order chi connectivity index (χ0) is 14.8. The van der Waals surface area contributed by atoms with Crippen LogP contribution in [-0.4, -0.2) is 20.4 Å². The van der Waals surface area contributed by atoms with E-state index < -0.39 is 11.6 Å². The number of nitrogens with zero attached hydrogens (tertiary/aromatic N) is 2. The van der Waals surface area contributed by atoms with Crippen LogP contribution in [0.15, 0.2) is 41.6 Å². The van der Waals surface area contributed by atoms with Gasteiger partial charge < -0.3 is 5.11 Å². The smallest absolute Gasteiger partial charge is 0.384 e. The van der Waals surface area contributed by atoms with Crippen LogP contribution >= 0.6 is 11.8 Å². The number of aromatic nitrogens is 2. The molecule has 108 valence electrons. The number of thioether (sulfide) groups is 1. The van der Waals surface area contributed by atoms with E-state index >= 15 is 0 Å². The second-order valence-electron chi connectivity index (χ2n) is 4.15. The van der Waals surface area contributed by atoms with Crippen LogP contribution in [0.2, 0.25) is 0 Å². The van der Waals surface area contributed by atoms with Crippen LogP contribution in [0.5, 0.6) is 0 Å². The third-order valence-electron chi connectivity index (χ3n) is 2.72. The Morgan fingerprint density at radius 2 is 1.90 bits per heavy atom. The fourth-order valence-electron chi connectivity index (χ4n) is 1.74. The molecule has 1 N–H and O–H groups in total. The van der Waals surface area contributed by atoms with Gasteiger partial charge in [0.1, 0.15) is 6.10 Å². The van der Waals surface area contributed by atoms with Crippen molar-refractivity contribution >= 4 is 11.8 Å². The highest BCUT2D eigenvalue weighted by Crippen LogP contribution is 2.37. The number of aliphatic hydroxyl groups is 1. The van der Waals surface area contributed by atoms with Crippen LogP contribution in [-0.2, 0) is 6.54 Å². The Labute approximate surface area is 118 Å². The second kappa shape index (κ2) is 5.88. The normalized spacial score (nSPS) is 13.4. The van der Waals surface area contributed by atoms with Crippen LogP contribution in [0.4, 0.5) is 13.2 Å². The summed E-state index contributed by atoms with van der Waals surface area (Å²) in [5.74, 6) is 0. The lowest BCUT2D eigenvalue weighted by Crippen LogP contribution is -2.01. The Bertz CT molecular complexity index is 566. The van der Waals surface area contributed by atoms with Crippen LogP contribution in [0.25, 0.3) is 0 Å². The van der Waals surface area contributed by atoms with E-state index in [-0.39, 0.29) is 16.7 Å². The third kappa shape index (κ3) is 3.77. The predicted molar refractivity (Wildman–Crippen MR) is 70.3 cm³/mol. The molecule has 0 spiro atoms. The van der Waals surface area contributed by atoms with Gasteiger partial charge in [-0.15, -0.1) is 0 Å². The monoisotopic (exact) mass is 302 g/mol. The van der Waals surface area contributed by atoms with Crippen LogP contribution in [0, 0.1) is 0 Å². The first-order valence-corrected chi connectivity index (χ1v) is 6.77. The Hall–Kier alpha value is -1.47. The average molecular weight is 302 g/mol. The van der Waals surface area contributed by atoms with Gasteiger partial charge in [-0.25, -0.2) is 0 Å². The van der Waals surface area contributed by atoms with Crippen molar-refractivity contribution in [3.8, 4) is 0 Å². The van der Waals surface area contributed by atoms with E-state index in [1.807, 2.05) is 6.92 Å². The molecule has 1 atom stereocenters. The minimum Gasteiger partial charge on any atom is -0.384 e. The molecule has 20 heavy (non-hydrogen) atoms. The van der Waals surface area contributed by atoms with Crippen molar-refractivity contribution in [1.82, 2.24) is 9.78 Å². The summed E-state index contributed by atoms with van der Waals surface area (Å²) in [4.78, 5) is 0.0951. The third-order valence-corrected chi connectivity index (χ3v) is 3.46. The molecule has 0 aliphatic carbocycles. The van der Waals surface area contributed by atoms with Crippen molar-refractivity contribution in [3.05, 3.63) is 47.8 Å². The Morgan fingerprint density at radius 3 is 2.40 bits per heavy atom. The lowest BCUT2D eigenvalue weighted by molar-refractivity contribution is -0.0328. The summed E-state index contributed by atoms with van der Waals surface area (Å²) >= 11 is -0.173. The van der Waals surface area contributed by atoms with Gasteiger partial charge >= 0.3 is 5.51 Å². The molecule has 1 aromatic heterocycles. The van der Waals surface area contributed by atoms with Gasteiger partial charge in [-0.2, -0.15) is 18.3 Å². The van der Waals surface area contributed by atoms with E-state index in [0.29, 0.717) is 17.7 Å². The van der Waals surface area contributed by atoms with Crippen LogP contribution < -0.4 is 0 Å². The molecule has 0 saturated carbocycles. The molecule has 0 aliphatic rings. The molecule has 1 heterocycles. The van der Waals surface area contributed by atoms with Gasteiger partial charge in [0.25, 0.3) is 0 Å². The van der Waals surface area contributed by atoms with Gasteiger partial charge in [0.05, 0.1) is 6.20 Å². The molecule has 3 nitrogen and oxygen atoms in total. The summed E-state index contributed by atoms with van der Waals surface area (Å²) in [5.41, 5.74) is -3.15. The molecule has 1 aromatic carbocycles. The number of hydrogen-bond donors (Lipinski definition) is 1. The van der Waals surface area contributed by atoms with Gasteiger partial charge in [0.2, 0.25) is 0 Å². The number of rotatable bonds is 4. The first-order chi connectivity index (χ1) is 9.39. The van der Waals surface area contributed by atoms with Gasteiger partial charge in [-0.3, -0.25) is 4.68 Å². The Kier molecular flexibility index (Phi) is 4.39. The number of aliphatic hydroxyl groups excluding tert-OH is 1. The van der Waals surface area contributed by atoms with E-state index in [2.05, 4.69) is 5.10 Å². The first-order valence-electron chi connectivity index (χ1n) is 5.95. The Morgan fingerprint density at radius 1 is 1.25 bits per heavy atom. The van der Waals surface area contributed by atoms with E-state index in [4.69, 9.17) is 0 Å². The molecule has 0 fully saturated rings. The molecule has 0 aliphatic heterocycles. The zero-order valence-electron chi connectivity index (χ0n) is 10.6. The fourth-order valence-corrected chi connectivity index (χ4v) is 2.28. The molecule has 0 bridgehead atoms. The van der Waals surface area contributed by atoms with E-state index in [1.165, 1.54) is 24.3 Å². The van der Waals surface area contributed by atoms with Crippen molar-refractivity contribution in [3.63, 3.8) is 0 Å². The minimum atomic E-state index is -4.30. The molecule has 0 saturated heterocycles. The lowest BCUT2D eigenvalue weighted by atomic mass is 10.1. The first kappa shape index (κ1) is 14.9. The molecule has 2 rings (SSSR count). The fraction of sp³-hybridized carbons (Fsp3) is 0.308. The van der Waals surface area contributed by atoms with E-state index in [9.17, 15) is 18.3 Å². The highest BCUT2D eigenvalue weighted by atomic mass is 32.2. The number of halogens is 3. The summed E-state index contributed by atoms with van der Waals surface area (Å²) in [6, 6.07) is 5.67. The molecule has 0 radical (unpaired) electrons. The summed E-state index contributed by atoms with van der Waals surface area (Å²) in [7, 11) is 0. The van der Waals surface area contributed by atoms with Crippen molar-refractivity contribution in [2.24, 2.45) is 0 Å². The quantitative estimate of drug-likeness (QED) is 0.877. The molecular formula is C13H13F3N2OS. The number of benzene rings is 1. The highest BCUT2D eigenvalue weighted by Gasteiger charge is 2.29. The number of alkyl halides is 3. The average Bonchev–Trinajstić information content (AvgIpc) is 2.85. The van der Waals surface area contributed by atoms with Crippen LogP contribution in [0.1, 0.15) is 24.2 Å². The topological polar surface area (TPSA) is 38.0 Å². The van der Waals surface area contributed by atoms with Gasteiger partial charge in [0.15, 0.2) is 0 Å². The van der Waals surface area contributed by atoms with Crippen molar-refractivity contribution in [2.75, 3.05) is 0 Å². The lowest BCUT2D eigenvalue weighted by Gasteiger charge is -2.10. The molecule has 2 aromatic rings. The molecular weight excluding hydrogens is 289 g/mol. The molecule has 0 amide bonds. The maximum absolute atomic E-state index is 12.2. The van der Waals surface area contributed by atoms with Crippen molar-refractivity contribution < 1.29 is 18.3 Å². The standard InChI is InChI=1S/C13H13F3N2OS/c1-2-18-8-10(7-17-18)12(19)9-3-5-11(6-4-9)20-13(14,15)16/h3-8,12,19H,2H2,1H3. The zero-order valence-corrected chi connectivity index (χ0v) is 11.4. The number of aryl methyl sites for hydroxylation is 1. The molecule has 1 unspecified atom stereocenters. The summed E-state index contributed by atoms with van der Waals surface area (Å²) in [5, 5.41) is 14.2. The SMILES string of the molecule is CCn1cc(C(O)c2ccc(SC(F)(F)F)cc2)cn1. The van der Waals surface area contributed by atoms with E-state index in [1.54, 1.807) is 17.1 Å². The van der Waals surface area contributed by atoms with Gasteiger partial charge in [0, 0.05) is 23.2 Å². The molecule has 7 heteroatoms.